The third kappa shape index (κ3) is 2.47. The Kier molecular flexibility index (Phi) is 3.68. The lowest BCUT2D eigenvalue weighted by Gasteiger charge is -2.16. The van der Waals surface area contributed by atoms with Gasteiger partial charge in [-0.15, -0.1) is 0 Å². The Morgan fingerprint density at radius 1 is 1.47 bits per heavy atom. The number of nitrogens with zero attached hydrogens (tertiary/aromatic N) is 1. The van der Waals surface area contributed by atoms with Crippen molar-refractivity contribution in [3.05, 3.63) is 29.3 Å². The standard InChI is InChI=1S/C11H15NO3/c1-12(2)10-5-4-8(11(14)15-3)6-9(10)7-13/h4-6,13H,7H2,1-3H3. The molecule has 4 heteroatoms. The first-order valence-electron chi connectivity index (χ1n) is 4.59. The normalized spacial score (nSPS) is 9.87. The van der Waals surface area contributed by atoms with E-state index in [1.165, 1.54) is 7.11 Å². The quantitative estimate of drug-likeness (QED) is 0.755. The highest BCUT2D eigenvalue weighted by Crippen LogP contribution is 2.20. The minimum atomic E-state index is -0.394. The summed E-state index contributed by atoms with van der Waals surface area (Å²) >= 11 is 0. The minimum absolute atomic E-state index is 0.0989. The molecule has 0 atom stereocenters. The van der Waals surface area contributed by atoms with Gasteiger partial charge in [-0.1, -0.05) is 0 Å². The van der Waals surface area contributed by atoms with Crippen molar-refractivity contribution in [2.75, 3.05) is 26.1 Å². The molecule has 0 radical (unpaired) electrons. The molecule has 1 N–H and O–H groups in total. The molecule has 0 amide bonds. The fraction of sp³-hybridized carbons (Fsp3) is 0.364. The first-order chi connectivity index (χ1) is 7.10. The molecule has 0 aliphatic heterocycles. The predicted octanol–water partition coefficient (Wildman–Crippen LogP) is 1.03. The fourth-order valence-electron chi connectivity index (χ4n) is 1.39. The van der Waals surface area contributed by atoms with Crippen molar-refractivity contribution >= 4 is 11.7 Å². The zero-order valence-corrected chi connectivity index (χ0v) is 9.15. The molecule has 0 bridgehead atoms. The molecular formula is C11H15NO3. The average molecular weight is 209 g/mol. The Morgan fingerprint density at radius 2 is 2.13 bits per heavy atom. The average Bonchev–Trinajstić information content (AvgIpc) is 2.26. The van der Waals surface area contributed by atoms with Crippen LogP contribution in [0.3, 0.4) is 0 Å². The van der Waals surface area contributed by atoms with Crippen LogP contribution < -0.4 is 4.90 Å². The Morgan fingerprint density at radius 3 is 2.60 bits per heavy atom. The number of carbonyl (C=O) groups excluding carboxylic acids is 1. The number of methoxy groups -OCH3 is 1. The van der Waals surface area contributed by atoms with Crippen LogP contribution in [0.2, 0.25) is 0 Å². The predicted molar refractivity (Wildman–Crippen MR) is 58.0 cm³/mol. The van der Waals surface area contributed by atoms with Crippen LogP contribution in [0.15, 0.2) is 18.2 Å². The van der Waals surface area contributed by atoms with Gasteiger partial charge in [0.05, 0.1) is 19.3 Å². The first-order valence-corrected chi connectivity index (χ1v) is 4.59. The van der Waals surface area contributed by atoms with Gasteiger partial charge in [0.1, 0.15) is 0 Å². The third-order valence-corrected chi connectivity index (χ3v) is 2.15. The highest BCUT2D eigenvalue weighted by molar-refractivity contribution is 5.90. The molecular weight excluding hydrogens is 194 g/mol. The van der Waals surface area contributed by atoms with Crippen molar-refractivity contribution in [1.82, 2.24) is 0 Å². The molecule has 0 saturated heterocycles. The summed E-state index contributed by atoms with van der Waals surface area (Å²) in [5, 5.41) is 9.17. The lowest BCUT2D eigenvalue weighted by atomic mass is 10.1. The molecule has 0 saturated carbocycles. The van der Waals surface area contributed by atoms with Gasteiger partial charge in [0, 0.05) is 25.3 Å². The van der Waals surface area contributed by atoms with E-state index in [0.29, 0.717) is 11.1 Å². The van der Waals surface area contributed by atoms with E-state index >= 15 is 0 Å². The maximum atomic E-state index is 11.2. The third-order valence-electron chi connectivity index (χ3n) is 2.15. The van der Waals surface area contributed by atoms with Crippen LogP contribution in [0.5, 0.6) is 0 Å². The number of benzene rings is 1. The van der Waals surface area contributed by atoms with Crippen LogP contribution in [0.1, 0.15) is 15.9 Å². The van der Waals surface area contributed by atoms with Gasteiger partial charge in [-0.2, -0.15) is 0 Å². The number of ether oxygens (including phenoxy) is 1. The van der Waals surface area contributed by atoms with E-state index in [2.05, 4.69) is 4.74 Å². The number of anilines is 1. The van der Waals surface area contributed by atoms with Crippen molar-refractivity contribution in [3.63, 3.8) is 0 Å². The number of aliphatic hydroxyl groups is 1. The van der Waals surface area contributed by atoms with Gasteiger partial charge in [-0.05, 0) is 18.2 Å². The smallest absolute Gasteiger partial charge is 0.337 e. The van der Waals surface area contributed by atoms with Gasteiger partial charge >= 0.3 is 5.97 Å². The summed E-state index contributed by atoms with van der Waals surface area (Å²) < 4.78 is 4.60. The number of carbonyl (C=O) groups is 1. The van der Waals surface area contributed by atoms with Crippen molar-refractivity contribution < 1.29 is 14.6 Å². The largest absolute Gasteiger partial charge is 0.465 e. The Hall–Kier alpha value is -1.55. The van der Waals surface area contributed by atoms with Crippen LogP contribution in [0.25, 0.3) is 0 Å². The molecule has 0 aromatic heterocycles. The second-order valence-corrected chi connectivity index (χ2v) is 3.39. The maximum Gasteiger partial charge on any atom is 0.337 e. The Bertz CT molecular complexity index is 361. The molecule has 1 aromatic rings. The molecule has 0 spiro atoms. The van der Waals surface area contributed by atoms with Crippen LogP contribution >= 0.6 is 0 Å². The van der Waals surface area contributed by atoms with Gasteiger partial charge in [0.15, 0.2) is 0 Å². The number of rotatable bonds is 3. The number of aliphatic hydroxyl groups excluding tert-OH is 1. The SMILES string of the molecule is COC(=O)c1ccc(N(C)C)c(CO)c1. The summed E-state index contributed by atoms with van der Waals surface area (Å²) in [6, 6.07) is 5.11. The van der Waals surface area contributed by atoms with Crippen molar-refractivity contribution in [2.24, 2.45) is 0 Å². The summed E-state index contributed by atoms with van der Waals surface area (Å²) in [7, 11) is 5.10. The zero-order valence-electron chi connectivity index (χ0n) is 9.15. The van der Waals surface area contributed by atoms with Crippen LogP contribution in [0.4, 0.5) is 5.69 Å². The summed E-state index contributed by atoms with van der Waals surface area (Å²) in [6.07, 6.45) is 0. The molecule has 0 heterocycles. The summed E-state index contributed by atoms with van der Waals surface area (Å²) in [5.41, 5.74) is 2.06. The second-order valence-electron chi connectivity index (χ2n) is 3.39. The van der Waals surface area contributed by atoms with Gasteiger partial charge in [-0.25, -0.2) is 4.79 Å². The van der Waals surface area contributed by atoms with Crippen LogP contribution in [-0.4, -0.2) is 32.3 Å². The Balaban J connectivity index is 3.13. The summed E-state index contributed by atoms with van der Waals surface area (Å²) in [4.78, 5) is 13.1. The lowest BCUT2D eigenvalue weighted by molar-refractivity contribution is 0.0600. The van der Waals surface area contributed by atoms with E-state index < -0.39 is 5.97 Å². The van der Waals surface area contributed by atoms with Gasteiger partial charge in [0.25, 0.3) is 0 Å². The first kappa shape index (κ1) is 11.5. The van der Waals surface area contributed by atoms with Crippen LogP contribution in [-0.2, 0) is 11.3 Å². The monoisotopic (exact) mass is 209 g/mol. The van der Waals surface area contributed by atoms with Crippen molar-refractivity contribution in [3.8, 4) is 0 Å². The fourth-order valence-corrected chi connectivity index (χ4v) is 1.39. The van der Waals surface area contributed by atoms with E-state index in [1.807, 2.05) is 19.0 Å². The topological polar surface area (TPSA) is 49.8 Å². The van der Waals surface area contributed by atoms with Crippen molar-refractivity contribution in [2.45, 2.75) is 6.61 Å². The van der Waals surface area contributed by atoms with Gasteiger partial charge in [-0.3, -0.25) is 0 Å². The molecule has 4 nitrogen and oxygen atoms in total. The van der Waals surface area contributed by atoms with E-state index in [9.17, 15) is 4.79 Å². The van der Waals surface area contributed by atoms with Gasteiger partial charge in [0.2, 0.25) is 0 Å². The highest BCUT2D eigenvalue weighted by Gasteiger charge is 2.10. The molecule has 0 aliphatic carbocycles. The number of hydrogen-bond acceptors (Lipinski definition) is 4. The molecule has 15 heavy (non-hydrogen) atoms. The molecule has 1 rings (SSSR count). The van der Waals surface area contributed by atoms with Gasteiger partial charge < -0.3 is 14.7 Å². The number of esters is 1. The van der Waals surface area contributed by atoms with E-state index in [1.54, 1.807) is 18.2 Å². The Labute approximate surface area is 89.1 Å². The molecule has 0 unspecified atom stereocenters. The number of hydrogen-bond donors (Lipinski definition) is 1. The molecule has 0 aliphatic rings. The maximum absolute atomic E-state index is 11.2. The van der Waals surface area contributed by atoms with E-state index in [0.717, 1.165) is 5.69 Å². The van der Waals surface area contributed by atoms with E-state index in [-0.39, 0.29) is 6.61 Å². The zero-order chi connectivity index (χ0) is 11.4. The van der Waals surface area contributed by atoms with Crippen LogP contribution in [0, 0.1) is 0 Å². The second kappa shape index (κ2) is 4.79. The molecule has 0 fully saturated rings. The minimum Gasteiger partial charge on any atom is -0.465 e. The van der Waals surface area contributed by atoms with Crippen molar-refractivity contribution in [1.29, 1.82) is 0 Å². The van der Waals surface area contributed by atoms with E-state index in [4.69, 9.17) is 5.11 Å². The highest BCUT2D eigenvalue weighted by atomic mass is 16.5. The molecule has 1 aromatic carbocycles. The lowest BCUT2D eigenvalue weighted by Crippen LogP contribution is -2.12. The summed E-state index contributed by atoms with van der Waals surface area (Å²) in [6.45, 7) is -0.0989. The summed E-state index contributed by atoms with van der Waals surface area (Å²) in [5.74, 6) is -0.394. The molecule has 82 valence electrons.